The van der Waals surface area contributed by atoms with Crippen molar-refractivity contribution < 1.29 is 17.6 Å². The highest BCUT2D eigenvalue weighted by molar-refractivity contribution is 7.89. The molecule has 0 saturated heterocycles. The van der Waals surface area contributed by atoms with Crippen molar-refractivity contribution in [2.24, 2.45) is 0 Å². The highest BCUT2D eigenvalue weighted by atomic mass is 32.2. The average Bonchev–Trinajstić information content (AvgIpc) is 3.00. The van der Waals surface area contributed by atoms with E-state index in [1.54, 1.807) is 28.1 Å². The van der Waals surface area contributed by atoms with Gasteiger partial charge in [0.2, 0.25) is 15.9 Å². The second-order valence-electron chi connectivity index (χ2n) is 4.99. The number of carbonyl (C=O) groups is 1. The van der Waals surface area contributed by atoms with E-state index in [9.17, 15) is 17.6 Å². The van der Waals surface area contributed by atoms with Crippen molar-refractivity contribution in [3.8, 4) is 11.3 Å². The predicted octanol–water partition coefficient (Wildman–Crippen LogP) is 1.82. The number of amides is 1. The van der Waals surface area contributed by atoms with Crippen LogP contribution >= 0.6 is 11.3 Å². The molecule has 0 aliphatic rings. The summed E-state index contributed by atoms with van der Waals surface area (Å²) in [7, 11) is -3.58. The van der Waals surface area contributed by atoms with Gasteiger partial charge >= 0.3 is 0 Å². The molecule has 0 aliphatic heterocycles. The Bertz CT molecular complexity index is 975. The number of sulfonamides is 1. The van der Waals surface area contributed by atoms with Crippen molar-refractivity contribution in [2.45, 2.75) is 6.42 Å². The first-order valence-corrected chi connectivity index (χ1v) is 9.31. The molecule has 23 heavy (non-hydrogen) atoms. The molecule has 0 saturated carbocycles. The molecule has 1 amide bonds. The number of rotatable bonds is 4. The van der Waals surface area contributed by atoms with Gasteiger partial charge in [-0.1, -0.05) is 0 Å². The van der Waals surface area contributed by atoms with Crippen LogP contribution in [0.2, 0.25) is 0 Å². The van der Waals surface area contributed by atoms with Gasteiger partial charge in [0, 0.05) is 22.8 Å². The third-order valence-corrected chi connectivity index (χ3v) is 4.55. The third-order valence-electron chi connectivity index (χ3n) is 3.06. The molecule has 0 unspecified atom stereocenters. The fraction of sp³-hybridized carbons (Fsp3) is 0.143. The fourth-order valence-corrected chi connectivity index (χ4v) is 3.48. The maximum absolute atomic E-state index is 13.0. The van der Waals surface area contributed by atoms with Gasteiger partial charge in [0.15, 0.2) is 4.96 Å². The van der Waals surface area contributed by atoms with Gasteiger partial charge in [-0.3, -0.25) is 13.9 Å². The Morgan fingerprint density at radius 3 is 2.70 bits per heavy atom. The summed E-state index contributed by atoms with van der Waals surface area (Å²) >= 11 is 1.34. The van der Waals surface area contributed by atoms with E-state index in [1.165, 1.54) is 23.5 Å². The van der Waals surface area contributed by atoms with Crippen LogP contribution in [0.4, 0.5) is 4.39 Å². The summed E-state index contributed by atoms with van der Waals surface area (Å²) in [5.74, 6) is -0.933. The van der Waals surface area contributed by atoms with Crippen molar-refractivity contribution in [1.82, 2.24) is 14.1 Å². The molecule has 3 rings (SSSR count). The minimum Gasteiger partial charge on any atom is -0.294 e. The lowest BCUT2D eigenvalue weighted by Gasteiger charge is -2.01. The van der Waals surface area contributed by atoms with Crippen LogP contribution in [0, 0.1) is 5.82 Å². The van der Waals surface area contributed by atoms with Gasteiger partial charge in [-0.2, -0.15) is 0 Å². The van der Waals surface area contributed by atoms with Gasteiger partial charge < -0.3 is 0 Å². The molecule has 0 bridgehead atoms. The number of imidazole rings is 1. The van der Waals surface area contributed by atoms with Crippen LogP contribution in [0.15, 0.2) is 35.8 Å². The summed E-state index contributed by atoms with van der Waals surface area (Å²) in [5.41, 5.74) is 2.04. The normalized spacial score (nSPS) is 11.7. The number of carbonyl (C=O) groups excluding carboxylic acids is 1. The van der Waals surface area contributed by atoms with Gasteiger partial charge in [0.25, 0.3) is 0 Å². The quantitative estimate of drug-likeness (QED) is 0.776. The lowest BCUT2D eigenvalue weighted by molar-refractivity contribution is -0.118. The number of hydrogen-bond acceptors (Lipinski definition) is 5. The van der Waals surface area contributed by atoms with Crippen molar-refractivity contribution in [3.63, 3.8) is 0 Å². The van der Waals surface area contributed by atoms with Gasteiger partial charge in [-0.05, 0) is 24.3 Å². The molecular weight excluding hydrogens is 341 g/mol. The van der Waals surface area contributed by atoms with Crippen LogP contribution in [-0.4, -0.2) is 30.0 Å². The summed E-state index contributed by atoms with van der Waals surface area (Å²) in [6.07, 6.45) is 2.59. The molecule has 120 valence electrons. The SMILES string of the molecule is CS(=O)(=O)NC(=O)Cc1csc2nc(-c3ccc(F)cc3)cn12. The van der Waals surface area contributed by atoms with Crippen LogP contribution in [0.5, 0.6) is 0 Å². The van der Waals surface area contributed by atoms with Crippen LogP contribution in [0.1, 0.15) is 5.69 Å². The third kappa shape index (κ3) is 3.57. The van der Waals surface area contributed by atoms with Gasteiger partial charge in [-0.15, -0.1) is 11.3 Å². The molecule has 0 atom stereocenters. The van der Waals surface area contributed by atoms with E-state index in [-0.39, 0.29) is 12.2 Å². The molecule has 1 N–H and O–H groups in total. The molecule has 0 aliphatic carbocycles. The van der Waals surface area contributed by atoms with Crippen LogP contribution in [0.25, 0.3) is 16.2 Å². The lowest BCUT2D eigenvalue weighted by Crippen LogP contribution is -2.30. The standard InChI is InChI=1S/C14H12FN3O3S2/c1-23(20,21)17-13(19)6-11-8-22-14-16-12(7-18(11)14)9-2-4-10(15)5-3-9/h2-5,7-8H,6H2,1H3,(H,17,19). The van der Waals surface area contributed by atoms with E-state index >= 15 is 0 Å². The molecule has 1 aromatic carbocycles. The first-order valence-electron chi connectivity index (χ1n) is 6.54. The molecule has 2 aromatic heterocycles. The van der Waals surface area contributed by atoms with Gasteiger partial charge in [0.05, 0.1) is 18.4 Å². The Kier molecular flexibility index (Phi) is 3.90. The number of benzene rings is 1. The minimum atomic E-state index is -3.58. The zero-order valence-electron chi connectivity index (χ0n) is 12.0. The van der Waals surface area contributed by atoms with Crippen LogP contribution in [0.3, 0.4) is 0 Å². The van der Waals surface area contributed by atoms with Gasteiger partial charge in [-0.25, -0.2) is 17.8 Å². The smallest absolute Gasteiger partial charge is 0.239 e. The average molecular weight is 353 g/mol. The molecular formula is C14H12FN3O3S2. The number of fused-ring (bicyclic) bond motifs is 1. The predicted molar refractivity (Wildman–Crippen MR) is 85.2 cm³/mol. The van der Waals surface area contributed by atoms with Crippen molar-refractivity contribution in [2.75, 3.05) is 6.26 Å². The molecule has 2 heterocycles. The molecule has 0 spiro atoms. The monoisotopic (exact) mass is 353 g/mol. The summed E-state index contributed by atoms with van der Waals surface area (Å²) in [6, 6.07) is 5.95. The molecule has 6 nitrogen and oxygen atoms in total. The first-order chi connectivity index (χ1) is 10.8. The van der Waals surface area contributed by atoms with Crippen LogP contribution < -0.4 is 4.72 Å². The Morgan fingerprint density at radius 1 is 1.35 bits per heavy atom. The second-order valence-corrected chi connectivity index (χ2v) is 7.57. The lowest BCUT2D eigenvalue weighted by atomic mass is 10.2. The number of halogens is 1. The van der Waals surface area contributed by atoms with Crippen molar-refractivity contribution in [1.29, 1.82) is 0 Å². The molecule has 9 heteroatoms. The summed E-state index contributed by atoms with van der Waals surface area (Å²) < 4.78 is 38.8. The molecule has 0 radical (unpaired) electrons. The van der Waals surface area contributed by atoms with Crippen molar-refractivity contribution in [3.05, 3.63) is 47.4 Å². The molecule has 0 fully saturated rings. The van der Waals surface area contributed by atoms with Gasteiger partial charge in [0.1, 0.15) is 5.82 Å². The van der Waals surface area contributed by atoms with E-state index in [2.05, 4.69) is 4.98 Å². The second kappa shape index (κ2) is 5.74. The van der Waals surface area contributed by atoms with E-state index in [1.807, 2.05) is 4.72 Å². The fourth-order valence-electron chi connectivity index (χ4n) is 2.12. The highest BCUT2D eigenvalue weighted by Gasteiger charge is 2.14. The number of hydrogen-bond donors (Lipinski definition) is 1. The highest BCUT2D eigenvalue weighted by Crippen LogP contribution is 2.24. The summed E-state index contributed by atoms with van der Waals surface area (Å²) in [6.45, 7) is 0. The van der Waals surface area contributed by atoms with E-state index < -0.39 is 15.9 Å². The number of nitrogens with zero attached hydrogens (tertiary/aromatic N) is 2. The van der Waals surface area contributed by atoms with Crippen LogP contribution in [-0.2, 0) is 21.2 Å². The zero-order valence-corrected chi connectivity index (χ0v) is 13.6. The summed E-state index contributed by atoms with van der Waals surface area (Å²) in [5, 5.41) is 1.75. The zero-order chi connectivity index (χ0) is 16.6. The number of nitrogens with one attached hydrogen (secondary N) is 1. The maximum Gasteiger partial charge on any atom is 0.239 e. The first kappa shape index (κ1) is 15.6. The summed E-state index contributed by atoms with van der Waals surface area (Å²) in [4.78, 5) is 16.8. The van der Waals surface area contributed by atoms with E-state index in [4.69, 9.17) is 0 Å². The van der Waals surface area contributed by atoms with Crippen molar-refractivity contribution >= 4 is 32.2 Å². The Labute approximate surface area is 135 Å². The van der Waals surface area contributed by atoms with E-state index in [0.29, 0.717) is 16.3 Å². The largest absolute Gasteiger partial charge is 0.294 e. The Hall–Kier alpha value is -2.26. The van der Waals surface area contributed by atoms with E-state index in [0.717, 1.165) is 11.8 Å². The number of aromatic nitrogens is 2. The maximum atomic E-state index is 13.0. The molecule has 3 aromatic rings. The minimum absolute atomic E-state index is 0.0771. The Morgan fingerprint density at radius 2 is 2.04 bits per heavy atom. The number of thiazole rings is 1. The topological polar surface area (TPSA) is 80.5 Å². The Balaban J connectivity index is 1.89.